The number of fused-ring (bicyclic) bond motifs is 3. The third-order valence-electron chi connectivity index (χ3n) is 8.44. The maximum atomic E-state index is 13.3. The lowest BCUT2D eigenvalue weighted by atomic mass is 9.95. The number of aliphatic imine (C=N–C) groups is 3. The first kappa shape index (κ1) is 31.1. The summed E-state index contributed by atoms with van der Waals surface area (Å²) in [5.74, 6) is 0.134. The number of rotatable bonds is 9. The van der Waals surface area contributed by atoms with Gasteiger partial charge in [0, 0.05) is 12.8 Å². The Balaban J connectivity index is 2.11. The molecule has 0 aliphatic carbocycles. The predicted octanol–water partition coefficient (Wildman–Crippen LogP) is 9.00. The van der Waals surface area contributed by atoms with Crippen molar-refractivity contribution >= 4 is 22.9 Å². The minimum absolute atomic E-state index is 0.0443. The third-order valence-corrected chi connectivity index (χ3v) is 8.44. The molecule has 0 radical (unpaired) electrons. The number of allylic oxidation sites excluding steroid dienone is 12. The smallest absolute Gasteiger partial charge is 0.178 e. The molecule has 0 aromatic heterocycles. The van der Waals surface area contributed by atoms with Gasteiger partial charge in [0.05, 0.1) is 45.6 Å². The molecule has 6 bridgehead atoms. The fraction of sp³-hybridized carbons (Fsp3) is 0.444. The van der Waals surface area contributed by atoms with Crippen LogP contribution in [0.1, 0.15) is 107 Å². The number of nitrogens with zero attached hydrogens (tertiary/aromatic N) is 3. The molecule has 4 heterocycles. The zero-order valence-electron chi connectivity index (χ0n) is 26.7. The SMILES string of the molecule is CCC(=O)C1=CC2=NC(=CC3=NC(=CC4=NC(=CC(=C(O)CC)N1)C(CC)=C4CC)C(CC)=C3CC)C(CC)=C2CC. The second-order valence-corrected chi connectivity index (χ2v) is 10.7. The summed E-state index contributed by atoms with van der Waals surface area (Å²) in [6.07, 6.45) is 13.8. The van der Waals surface area contributed by atoms with Crippen LogP contribution in [-0.2, 0) is 4.79 Å². The van der Waals surface area contributed by atoms with Gasteiger partial charge in [-0.05, 0) is 96.3 Å². The molecule has 4 aliphatic heterocycles. The molecule has 0 spiro atoms. The monoisotopic (exact) mass is 566 g/mol. The Labute approximate surface area is 251 Å². The maximum absolute atomic E-state index is 13.3. The maximum Gasteiger partial charge on any atom is 0.178 e. The van der Waals surface area contributed by atoms with Crippen molar-refractivity contribution in [2.24, 2.45) is 15.0 Å². The number of carbonyl (C=O) groups is 1. The van der Waals surface area contributed by atoms with E-state index in [1.54, 1.807) is 0 Å². The van der Waals surface area contributed by atoms with E-state index in [2.05, 4.69) is 59.0 Å². The topological polar surface area (TPSA) is 86.4 Å². The number of hydrogen-bond acceptors (Lipinski definition) is 6. The van der Waals surface area contributed by atoms with Crippen LogP contribution in [0.2, 0.25) is 0 Å². The summed E-state index contributed by atoms with van der Waals surface area (Å²) < 4.78 is 0. The first-order valence-corrected chi connectivity index (χ1v) is 15.8. The molecular formula is C36H46N4O2. The zero-order chi connectivity index (χ0) is 30.6. The average molecular weight is 567 g/mol. The minimum atomic E-state index is -0.0443. The van der Waals surface area contributed by atoms with Gasteiger partial charge in [0.2, 0.25) is 0 Å². The van der Waals surface area contributed by atoms with Gasteiger partial charge in [-0.1, -0.05) is 55.4 Å². The second-order valence-electron chi connectivity index (χ2n) is 10.7. The van der Waals surface area contributed by atoms with Crippen LogP contribution in [0.15, 0.2) is 107 Å². The van der Waals surface area contributed by atoms with E-state index in [1.807, 2.05) is 26.0 Å². The molecule has 6 heteroatoms. The van der Waals surface area contributed by atoms with Crippen molar-refractivity contribution in [3.05, 3.63) is 92.0 Å². The standard InChI is InChI=1S/C36H46N4O2/c1-9-21-22(10-2)28-18-30-24(12-4)26(14-6)32(39-30)20-34(36(42)16-8)40-33(35(41)15-7)19-31-25(13-5)23(11-3)29(38-31)17-27(21)37-28/h17-20,40-41H,9-16H2,1-8H3. The van der Waals surface area contributed by atoms with E-state index in [9.17, 15) is 9.90 Å². The van der Waals surface area contributed by atoms with Gasteiger partial charge >= 0.3 is 0 Å². The van der Waals surface area contributed by atoms with E-state index in [0.717, 1.165) is 83.9 Å². The summed E-state index contributed by atoms with van der Waals surface area (Å²) in [5.41, 5.74) is 13.4. The lowest BCUT2D eigenvalue weighted by Gasteiger charge is -2.14. The van der Waals surface area contributed by atoms with Gasteiger partial charge in [-0.25, -0.2) is 15.0 Å². The molecule has 4 rings (SSSR count). The lowest BCUT2D eigenvalue weighted by molar-refractivity contribution is -0.115. The van der Waals surface area contributed by atoms with Crippen molar-refractivity contribution in [1.82, 2.24) is 5.32 Å². The highest BCUT2D eigenvalue weighted by molar-refractivity contribution is 6.19. The van der Waals surface area contributed by atoms with Gasteiger partial charge in [0.1, 0.15) is 5.76 Å². The van der Waals surface area contributed by atoms with Crippen LogP contribution in [0.5, 0.6) is 0 Å². The third kappa shape index (κ3) is 5.77. The summed E-state index contributed by atoms with van der Waals surface area (Å²) in [4.78, 5) is 28.7. The van der Waals surface area contributed by atoms with Crippen molar-refractivity contribution in [2.45, 2.75) is 107 Å². The molecule has 0 aromatic rings. The molecule has 0 amide bonds. The first-order valence-electron chi connectivity index (χ1n) is 15.8. The van der Waals surface area contributed by atoms with Crippen LogP contribution in [0, 0.1) is 0 Å². The highest BCUT2D eigenvalue weighted by Gasteiger charge is 2.28. The van der Waals surface area contributed by atoms with Gasteiger partial charge < -0.3 is 10.4 Å². The summed E-state index contributed by atoms with van der Waals surface area (Å²) >= 11 is 0. The zero-order valence-corrected chi connectivity index (χ0v) is 26.7. The Morgan fingerprint density at radius 1 is 0.571 bits per heavy atom. The Bertz CT molecular complexity index is 1530. The number of Topliss-reactive ketones (excluding diaryl/α,β-unsaturated/α-hetero) is 1. The largest absolute Gasteiger partial charge is 0.510 e. The summed E-state index contributed by atoms with van der Waals surface area (Å²) in [7, 11) is 0. The Kier molecular flexibility index (Phi) is 9.97. The number of carbonyl (C=O) groups excluding carboxylic acids is 1. The Morgan fingerprint density at radius 3 is 1.31 bits per heavy atom. The quantitative estimate of drug-likeness (QED) is 0.273. The number of aliphatic hydroxyl groups excluding tert-OH is 1. The molecule has 0 saturated carbocycles. The van der Waals surface area contributed by atoms with Crippen molar-refractivity contribution in [3.63, 3.8) is 0 Å². The van der Waals surface area contributed by atoms with Crippen molar-refractivity contribution < 1.29 is 9.90 Å². The van der Waals surface area contributed by atoms with Gasteiger partial charge in [-0.2, -0.15) is 0 Å². The van der Waals surface area contributed by atoms with E-state index in [-0.39, 0.29) is 11.5 Å². The highest BCUT2D eigenvalue weighted by Crippen LogP contribution is 2.38. The highest BCUT2D eigenvalue weighted by atomic mass is 16.3. The number of hydrogen-bond donors (Lipinski definition) is 2. The second kappa shape index (κ2) is 13.5. The van der Waals surface area contributed by atoms with E-state index in [1.165, 1.54) is 22.3 Å². The van der Waals surface area contributed by atoms with E-state index in [0.29, 0.717) is 24.2 Å². The number of nitrogens with one attached hydrogen (secondary N) is 1. The Morgan fingerprint density at radius 2 is 0.952 bits per heavy atom. The van der Waals surface area contributed by atoms with Crippen molar-refractivity contribution in [2.75, 3.05) is 0 Å². The van der Waals surface area contributed by atoms with Gasteiger partial charge in [0.15, 0.2) is 5.78 Å². The fourth-order valence-electron chi connectivity index (χ4n) is 6.24. The van der Waals surface area contributed by atoms with E-state index in [4.69, 9.17) is 15.0 Å². The molecule has 2 N–H and O–H groups in total. The van der Waals surface area contributed by atoms with Crippen LogP contribution in [-0.4, -0.2) is 28.0 Å². The molecule has 42 heavy (non-hydrogen) atoms. The van der Waals surface area contributed by atoms with Crippen molar-refractivity contribution in [3.8, 4) is 0 Å². The molecule has 6 nitrogen and oxygen atoms in total. The summed E-state index contributed by atoms with van der Waals surface area (Å²) in [5, 5.41) is 14.4. The first-order chi connectivity index (χ1) is 20.3. The Hall–Kier alpha value is -3.80. The molecule has 0 aromatic carbocycles. The van der Waals surface area contributed by atoms with Crippen molar-refractivity contribution in [1.29, 1.82) is 0 Å². The average Bonchev–Trinajstić information content (AvgIpc) is 3.63. The van der Waals surface area contributed by atoms with E-state index < -0.39 is 0 Å². The van der Waals surface area contributed by atoms with Crippen LogP contribution in [0.25, 0.3) is 0 Å². The number of ketones is 1. The van der Waals surface area contributed by atoms with Crippen LogP contribution in [0.4, 0.5) is 0 Å². The molecule has 4 aliphatic rings. The fourth-order valence-corrected chi connectivity index (χ4v) is 6.24. The lowest BCUT2D eigenvalue weighted by Crippen LogP contribution is -2.22. The predicted molar refractivity (Wildman–Crippen MR) is 176 cm³/mol. The minimum Gasteiger partial charge on any atom is -0.510 e. The molecule has 0 unspecified atom stereocenters. The molecular weight excluding hydrogens is 520 g/mol. The normalized spacial score (nSPS) is 20.1. The van der Waals surface area contributed by atoms with Gasteiger partial charge in [0.25, 0.3) is 0 Å². The molecule has 0 fully saturated rings. The van der Waals surface area contributed by atoms with E-state index >= 15 is 0 Å². The number of aliphatic hydroxyl groups is 1. The van der Waals surface area contributed by atoms with Crippen LogP contribution < -0.4 is 5.32 Å². The molecule has 0 atom stereocenters. The molecule has 0 saturated heterocycles. The van der Waals surface area contributed by atoms with Crippen LogP contribution in [0.3, 0.4) is 0 Å². The van der Waals surface area contributed by atoms with Gasteiger partial charge in [-0.15, -0.1) is 0 Å². The summed E-state index contributed by atoms with van der Waals surface area (Å²) in [6, 6.07) is 0. The molecule has 222 valence electrons. The summed E-state index contributed by atoms with van der Waals surface area (Å²) in [6.45, 7) is 16.7. The van der Waals surface area contributed by atoms with Crippen LogP contribution >= 0.6 is 0 Å². The van der Waals surface area contributed by atoms with Gasteiger partial charge in [-0.3, -0.25) is 4.79 Å².